The Labute approximate surface area is 167 Å². The van der Waals surface area contributed by atoms with Crippen LogP contribution in [-0.4, -0.2) is 49.5 Å². The van der Waals surface area contributed by atoms with Crippen LogP contribution in [0.2, 0.25) is 0 Å². The third-order valence-corrected chi connectivity index (χ3v) is 7.61. The van der Waals surface area contributed by atoms with E-state index in [2.05, 4.69) is 0 Å². The molecule has 0 spiro atoms. The average molecular weight is 392 g/mol. The van der Waals surface area contributed by atoms with Gasteiger partial charge in [-0.15, -0.1) is 0 Å². The molecule has 2 aliphatic heterocycles. The third-order valence-electron chi connectivity index (χ3n) is 7.61. The molecule has 6 atom stereocenters. The Hall–Kier alpha value is -1.14. The number of carbonyl (C=O) groups excluding carboxylic acids is 1. The Balaban J connectivity index is 0.961. The largest absolute Gasteiger partial charge is 0.481 e. The molecule has 5 aliphatic rings. The van der Waals surface area contributed by atoms with E-state index in [1.54, 1.807) is 0 Å². The molecule has 6 heteroatoms. The van der Waals surface area contributed by atoms with Gasteiger partial charge in [-0.3, -0.25) is 10.2 Å². The maximum Gasteiger partial charge on any atom is 0.309 e. The van der Waals surface area contributed by atoms with Crippen molar-refractivity contribution in [3.05, 3.63) is 0 Å². The van der Waals surface area contributed by atoms with Gasteiger partial charge in [-0.1, -0.05) is 0 Å². The normalized spacial score (nSPS) is 44.0. The molecule has 6 unspecified atom stereocenters. The molecule has 3 saturated carbocycles. The van der Waals surface area contributed by atoms with Crippen molar-refractivity contribution in [2.45, 2.75) is 88.6 Å². The fourth-order valence-corrected chi connectivity index (χ4v) is 5.47. The maximum atomic E-state index is 12.3. The minimum absolute atomic E-state index is 0.0118. The summed E-state index contributed by atoms with van der Waals surface area (Å²) in [4.78, 5) is 12.3. The smallest absolute Gasteiger partial charge is 0.309 e. The van der Waals surface area contributed by atoms with Gasteiger partial charge in [0.15, 0.2) is 5.90 Å². The molecule has 1 N–H and O–H groups in total. The number of hydrogen-bond donors (Lipinski definition) is 1. The SMILES string of the molecule is N=C(OCC1CCC(COC(=O)C2CCC3OC3C2)CC1)C1CCC2OC2C1. The molecular weight excluding hydrogens is 358 g/mol. The van der Waals surface area contributed by atoms with Crippen molar-refractivity contribution in [2.24, 2.45) is 23.7 Å². The monoisotopic (exact) mass is 391 g/mol. The topological polar surface area (TPSA) is 84.4 Å². The predicted octanol–water partition coefficient (Wildman–Crippen LogP) is 3.46. The Kier molecular flexibility index (Phi) is 5.35. The van der Waals surface area contributed by atoms with Gasteiger partial charge in [0.2, 0.25) is 0 Å². The molecule has 0 aromatic rings. The first-order chi connectivity index (χ1) is 13.7. The van der Waals surface area contributed by atoms with Crippen molar-refractivity contribution in [3.8, 4) is 0 Å². The quantitative estimate of drug-likeness (QED) is 0.324. The number of epoxide rings is 2. The first-order valence-electron chi connectivity index (χ1n) is 11.3. The van der Waals surface area contributed by atoms with Crippen LogP contribution in [0.1, 0.15) is 64.2 Å². The van der Waals surface area contributed by atoms with Gasteiger partial charge in [-0.25, -0.2) is 0 Å². The van der Waals surface area contributed by atoms with Crippen molar-refractivity contribution >= 4 is 11.9 Å². The van der Waals surface area contributed by atoms with E-state index in [-0.39, 0.29) is 17.8 Å². The number of carbonyl (C=O) groups is 1. The average Bonchev–Trinajstić information content (AvgIpc) is 3.63. The van der Waals surface area contributed by atoms with Crippen LogP contribution in [0.5, 0.6) is 0 Å². The van der Waals surface area contributed by atoms with E-state index in [4.69, 9.17) is 24.4 Å². The number of rotatable bonds is 6. The number of hydrogen-bond acceptors (Lipinski definition) is 6. The zero-order chi connectivity index (χ0) is 19.1. The molecule has 0 bridgehead atoms. The van der Waals surface area contributed by atoms with Crippen molar-refractivity contribution < 1.29 is 23.7 Å². The summed E-state index contributed by atoms with van der Waals surface area (Å²) in [6.45, 7) is 1.24. The van der Waals surface area contributed by atoms with E-state index in [1.165, 1.54) is 0 Å². The minimum atomic E-state index is -0.0118. The minimum Gasteiger partial charge on any atom is -0.481 e. The molecule has 0 radical (unpaired) electrons. The van der Waals surface area contributed by atoms with Crippen molar-refractivity contribution in [3.63, 3.8) is 0 Å². The van der Waals surface area contributed by atoms with Gasteiger partial charge in [0.05, 0.1) is 43.5 Å². The second kappa shape index (κ2) is 7.94. The van der Waals surface area contributed by atoms with Gasteiger partial charge >= 0.3 is 5.97 Å². The van der Waals surface area contributed by atoms with Gasteiger partial charge in [-0.05, 0) is 76.0 Å². The Morgan fingerprint density at radius 2 is 1.25 bits per heavy atom. The van der Waals surface area contributed by atoms with Crippen LogP contribution in [0, 0.1) is 29.1 Å². The lowest BCUT2D eigenvalue weighted by Crippen LogP contribution is -2.29. The lowest BCUT2D eigenvalue weighted by molar-refractivity contribution is -0.151. The highest BCUT2D eigenvalue weighted by atomic mass is 16.6. The van der Waals surface area contributed by atoms with E-state index < -0.39 is 0 Å². The van der Waals surface area contributed by atoms with Gasteiger partial charge in [0.25, 0.3) is 0 Å². The number of ether oxygens (including phenoxy) is 4. The fraction of sp³-hybridized carbons (Fsp3) is 0.909. The lowest BCUT2D eigenvalue weighted by atomic mass is 9.82. The van der Waals surface area contributed by atoms with Gasteiger partial charge in [0, 0.05) is 5.92 Å². The molecule has 3 aliphatic carbocycles. The van der Waals surface area contributed by atoms with Gasteiger partial charge in [0.1, 0.15) is 0 Å². The summed E-state index contributed by atoms with van der Waals surface area (Å²) in [6.07, 6.45) is 11.9. The molecule has 2 saturated heterocycles. The predicted molar refractivity (Wildman–Crippen MR) is 102 cm³/mol. The molecule has 5 rings (SSSR count). The highest BCUT2D eigenvalue weighted by Gasteiger charge is 2.46. The number of nitrogens with one attached hydrogen (secondary N) is 1. The summed E-state index contributed by atoms with van der Waals surface area (Å²) in [5, 5.41) is 8.23. The summed E-state index contributed by atoms with van der Waals surface area (Å²) in [6, 6.07) is 0. The summed E-state index contributed by atoms with van der Waals surface area (Å²) in [5.74, 6) is 1.78. The molecule has 156 valence electrons. The number of esters is 1. The highest BCUT2D eigenvalue weighted by molar-refractivity contribution is 5.75. The summed E-state index contributed by atoms with van der Waals surface area (Å²) in [5.41, 5.74) is 0. The molecule has 2 heterocycles. The maximum absolute atomic E-state index is 12.3. The van der Waals surface area contributed by atoms with Crippen LogP contribution in [0.3, 0.4) is 0 Å². The highest BCUT2D eigenvalue weighted by Crippen LogP contribution is 2.41. The lowest BCUT2D eigenvalue weighted by Gasteiger charge is -2.29. The zero-order valence-electron chi connectivity index (χ0n) is 16.6. The van der Waals surface area contributed by atoms with Gasteiger partial charge in [-0.2, -0.15) is 0 Å². The van der Waals surface area contributed by atoms with Crippen LogP contribution in [0.4, 0.5) is 0 Å². The standard InChI is InChI=1S/C22H33NO5/c23-21(15-5-7-17-19(9-15)27-17)25-11-13-1-3-14(4-2-13)12-26-22(24)16-6-8-18-20(10-16)28-18/h13-20,23H,1-12H2. The fourth-order valence-electron chi connectivity index (χ4n) is 5.47. The van der Waals surface area contributed by atoms with Crippen molar-refractivity contribution in [2.75, 3.05) is 13.2 Å². The van der Waals surface area contributed by atoms with E-state index in [0.29, 0.717) is 55.4 Å². The van der Waals surface area contributed by atoms with Crippen LogP contribution in [0.15, 0.2) is 0 Å². The first kappa shape index (κ1) is 18.9. The molecule has 28 heavy (non-hydrogen) atoms. The van der Waals surface area contributed by atoms with Crippen LogP contribution in [0.25, 0.3) is 0 Å². The van der Waals surface area contributed by atoms with Crippen molar-refractivity contribution in [1.29, 1.82) is 5.41 Å². The van der Waals surface area contributed by atoms with E-state index >= 15 is 0 Å². The Morgan fingerprint density at radius 3 is 1.86 bits per heavy atom. The van der Waals surface area contributed by atoms with Crippen LogP contribution < -0.4 is 0 Å². The third kappa shape index (κ3) is 4.38. The first-order valence-corrected chi connectivity index (χ1v) is 11.3. The molecule has 5 fully saturated rings. The second-order valence-corrected chi connectivity index (χ2v) is 9.64. The summed E-state index contributed by atoms with van der Waals surface area (Å²) < 4.78 is 22.6. The Bertz CT molecular complexity index is 550. The zero-order valence-corrected chi connectivity index (χ0v) is 16.6. The van der Waals surface area contributed by atoms with Gasteiger partial charge < -0.3 is 18.9 Å². The number of fused-ring (bicyclic) bond motifs is 2. The second-order valence-electron chi connectivity index (χ2n) is 9.64. The Morgan fingerprint density at radius 1 is 0.714 bits per heavy atom. The van der Waals surface area contributed by atoms with Crippen LogP contribution >= 0.6 is 0 Å². The molecule has 0 aromatic carbocycles. The molecular formula is C22H33NO5. The molecule has 0 amide bonds. The molecule has 6 nitrogen and oxygen atoms in total. The van der Waals surface area contributed by atoms with E-state index in [9.17, 15) is 4.79 Å². The molecule has 0 aromatic heterocycles. The van der Waals surface area contributed by atoms with E-state index in [0.717, 1.165) is 64.2 Å². The summed E-state index contributed by atoms with van der Waals surface area (Å²) in [7, 11) is 0. The van der Waals surface area contributed by atoms with Crippen LogP contribution in [-0.2, 0) is 23.7 Å². The van der Waals surface area contributed by atoms with Crippen molar-refractivity contribution in [1.82, 2.24) is 0 Å². The summed E-state index contributed by atoms with van der Waals surface area (Å²) >= 11 is 0. The van der Waals surface area contributed by atoms with E-state index in [1.807, 2.05) is 0 Å².